The lowest BCUT2D eigenvalue weighted by atomic mass is 10.1. The average Bonchev–Trinajstić information content (AvgIpc) is 2.43. The molecule has 2 aromatic heterocycles. The molecule has 0 saturated heterocycles. The zero-order valence-electron chi connectivity index (χ0n) is 8.33. The fraction of sp³-hybridized carbons (Fsp3) is 0.364. The van der Waals surface area contributed by atoms with Crippen LogP contribution < -0.4 is 0 Å². The molecule has 68 valence electrons. The summed E-state index contributed by atoms with van der Waals surface area (Å²) in [5, 5.41) is 1.33. The Hall–Kier alpha value is -1.31. The van der Waals surface area contributed by atoms with Crippen LogP contribution in [0.15, 0.2) is 18.5 Å². The molecule has 13 heavy (non-hydrogen) atoms. The van der Waals surface area contributed by atoms with Crippen LogP contribution in [0, 0.1) is 6.92 Å². The second-order valence-electron chi connectivity index (χ2n) is 3.43. The first-order valence-corrected chi connectivity index (χ1v) is 4.63. The van der Waals surface area contributed by atoms with Crippen molar-refractivity contribution in [2.75, 3.05) is 0 Å². The number of pyridine rings is 1. The van der Waals surface area contributed by atoms with Crippen molar-refractivity contribution >= 4 is 10.9 Å². The first-order valence-electron chi connectivity index (χ1n) is 4.63. The molecule has 0 fully saturated rings. The van der Waals surface area contributed by atoms with Gasteiger partial charge in [-0.15, -0.1) is 0 Å². The summed E-state index contributed by atoms with van der Waals surface area (Å²) >= 11 is 0. The summed E-state index contributed by atoms with van der Waals surface area (Å²) in [6.45, 7) is 4.29. The molecule has 0 aliphatic heterocycles. The highest BCUT2D eigenvalue weighted by Crippen LogP contribution is 2.22. The van der Waals surface area contributed by atoms with Gasteiger partial charge in [-0.25, -0.2) is 0 Å². The van der Waals surface area contributed by atoms with E-state index >= 15 is 0 Å². The maximum Gasteiger partial charge on any atom is 0.0514 e. The quantitative estimate of drug-likeness (QED) is 0.649. The van der Waals surface area contributed by atoms with Crippen molar-refractivity contribution in [2.24, 2.45) is 7.05 Å². The van der Waals surface area contributed by atoms with E-state index in [2.05, 4.69) is 42.7 Å². The van der Waals surface area contributed by atoms with Crippen LogP contribution in [-0.4, -0.2) is 9.55 Å². The Labute approximate surface area is 78.2 Å². The largest absolute Gasteiger partial charge is 0.350 e. The van der Waals surface area contributed by atoms with Gasteiger partial charge in [-0.2, -0.15) is 0 Å². The zero-order chi connectivity index (χ0) is 9.42. The van der Waals surface area contributed by atoms with E-state index in [4.69, 9.17) is 0 Å². The second kappa shape index (κ2) is 2.87. The van der Waals surface area contributed by atoms with Crippen LogP contribution >= 0.6 is 0 Å². The van der Waals surface area contributed by atoms with Gasteiger partial charge < -0.3 is 4.57 Å². The van der Waals surface area contributed by atoms with Crippen LogP contribution in [0.4, 0.5) is 0 Å². The van der Waals surface area contributed by atoms with Crippen LogP contribution in [0.1, 0.15) is 18.2 Å². The number of rotatable bonds is 1. The topological polar surface area (TPSA) is 17.8 Å². The predicted molar refractivity (Wildman–Crippen MR) is 54.8 cm³/mol. The molecule has 0 aliphatic rings. The fourth-order valence-corrected chi connectivity index (χ4v) is 1.91. The van der Waals surface area contributed by atoms with Crippen molar-refractivity contribution in [2.45, 2.75) is 20.3 Å². The second-order valence-corrected chi connectivity index (χ2v) is 3.43. The highest BCUT2D eigenvalue weighted by atomic mass is 14.9. The van der Waals surface area contributed by atoms with Crippen molar-refractivity contribution in [1.29, 1.82) is 0 Å². The average molecular weight is 174 g/mol. The molecule has 0 unspecified atom stereocenters. The summed E-state index contributed by atoms with van der Waals surface area (Å²) < 4.78 is 2.16. The van der Waals surface area contributed by atoms with E-state index in [-0.39, 0.29) is 0 Å². The molecule has 2 heteroatoms. The molecule has 0 radical (unpaired) electrons. The van der Waals surface area contributed by atoms with Crippen molar-refractivity contribution in [3.63, 3.8) is 0 Å². The Balaban J connectivity index is 2.88. The number of fused-ring (bicyclic) bond motifs is 1. The SMILES string of the molecule is CCc1nccc2c1c(C)cn2C. The van der Waals surface area contributed by atoms with Gasteiger partial charge >= 0.3 is 0 Å². The van der Waals surface area contributed by atoms with Gasteiger partial charge in [-0.3, -0.25) is 4.98 Å². The number of hydrogen-bond acceptors (Lipinski definition) is 1. The van der Waals surface area contributed by atoms with E-state index in [1.165, 1.54) is 22.2 Å². The van der Waals surface area contributed by atoms with E-state index in [9.17, 15) is 0 Å². The Bertz CT molecular complexity index is 441. The van der Waals surface area contributed by atoms with Crippen LogP contribution in [0.3, 0.4) is 0 Å². The maximum atomic E-state index is 4.39. The van der Waals surface area contributed by atoms with E-state index in [1.54, 1.807) is 0 Å². The summed E-state index contributed by atoms with van der Waals surface area (Å²) in [5.41, 5.74) is 3.81. The van der Waals surface area contributed by atoms with Gasteiger partial charge in [0.15, 0.2) is 0 Å². The third-order valence-corrected chi connectivity index (χ3v) is 2.50. The van der Waals surface area contributed by atoms with E-state index in [0.29, 0.717) is 0 Å². The third kappa shape index (κ3) is 1.13. The number of hydrogen-bond donors (Lipinski definition) is 0. The molecule has 0 aromatic carbocycles. The molecule has 0 aliphatic carbocycles. The van der Waals surface area contributed by atoms with Crippen molar-refractivity contribution in [3.05, 3.63) is 29.7 Å². The minimum atomic E-state index is 1.00. The van der Waals surface area contributed by atoms with Gasteiger partial charge in [-0.05, 0) is 25.0 Å². The highest BCUT2D eigenvalue weighted by Gasteiger charge is 2.06. The molecule has 0 N–H and O–H groups in total. The maximum absolute atomic E-state index is 4.39. The molecule has 0 spiro atoms. The minimum absolute atomic E-state index is 1.00. The number of nitrogens with zero attached hydrogens (tertiary/aromatic N) is 2. The molecular weight excluding hydrogens is 160 g/mol. The molecule has 2 heterocycles. The monoisotopic (exact) mass is 174 g/mol. The summed E-state index contributed by atoms with van der Waals surface area (Å²) in [6, 6.07) is 2.07. The summed E-state index contributed by atoms with van der Waals surface area (Å²) in [7, 11) is 2.08. The van der Waals surface area contributed by atoms with Crippen molar-refractivity contribution in [1.82, 2.24) is 9.55 Å². The van der Waals surface area contributed by atoms with Crippen LogP contribution in [0.2, 0.25) is 0 Å². The fourth-order valence-electron chi connectivity index (χ4n) is 1.91. The summed E-state index contributed by atoms with van der Waals surface area (Å²) in [4.78, 5) is 4.39. The first kappa shape index (κ1) is 8.30. The lowest BCUT2D eigenvalue weighted by Gasteiger charge is -2.00. The standard InChI is InChI=1S/C11H14N2/c1-4-9-11-8(2)7-13(3)10(11)5-6-12-9/h5-7H,4H2,1-3H3. The van der Waals surface area contributed by atoms with E-state index in [0.717, 1.165) is 6.42 Å². The predicted octanol–water partition coefficient (Wildman–Crippen LogP) is 2.44. The molecule has 0 atom stereocenters. The summed E-state index contributed by atoms with van der Waals surface area (Å²) in [5.74, 6) is 0. The molecule has 0 amide bonds. The van der Waals surface area contributed by atoms with Crippen LogP contribution in [0.5, 0.6) is 0 Å². The lowest BCUT2D eigenvalue weighted by Crippen LogP contribution is -1.89. The smallest absolute Gasteiger partial charge is 0.0514 e. The Morgan fingerprint density at radius 2 is 2.23 bits per heavy atom. The Kier molecular flexibility index (Phi) is 1.83. The minimum Gasteiger partial charge on any atom is -0.350 e. The highest BCUT2D eigenvalue weighted by molar-refractivity contribution is 5.85. The molecular formula is C11H14N2. The van der Waals surface area contributed by atoms with Crippen molar-refractivity contribution < 1.29 is 0 Å². The zero-order valence-corrected chi connectivity index (χ0v) is 8.33. The van der Waals surface area contributed by atoms with E-state index in [1.807, 2.05) is 6.20 Å². The van der Waals surface area contributed by atoms with Gasteiger partial charge in [0, 0.05) is 30.5 Å². The van der Waals surface area contributed by atoms with Gasteiger partial charge in [-0.1, -0.05) is 6.92 Å². The molecule has 2 nitrogen and oxygen atoms in total. The molecule has 0 bridgehead atoms. The molecule has 2 aromatic rings. The third-order valence-electron chi connectivity index (χ3n) is 2.50. The number of aryl methyl sites for hydroxylation is 3. The van der Waals surface area contributed by atoms with Crippen LogP contribution in [-0.2, 0) is 13.5 Å². The van der Waals surface area contributed by atoms with Crippen molar-refractivity contribution in [3.8, 4) is 0 Å². The first-order chi connectivity index (χ1) is 6.24. The van der Waals surface area contributed by atoms with Gasteiger partial charge in [0.25, 0.3) is 0 Å². The summed E-state index contributed by atoms with van der Waals surface area (Å²) in [6.07, 6.45) is 5.05. The Morgan fingerprint density at radius 3 is 2.92 bits per heavy atom. The Morgan fingerprint density at radius 1 is 1.46 bits per heavy atom. The molecule has 0 saturated carbocycles. The van der Waals surface area contributed by atoms with E-state index < -0.39 is 0 Å². The van der Waals surface area contributed by atoms with Crippen LogP contribution in [0.25, 0.3) is 10.9 Å². The number of aromatic nitrogens is 2. The van der Waals surface area contributed by atoms with Gasteiger partial charge in [0.05, 0.1) is 5.52 Å². The lowest BCUT2D eigenvalue weighted by molar-refractivity contribution is 0.961. The normalized spacial score (nSPS) is 11.0. The molecule has 2 rings (SSSR count). The van der Waals surface area contributed by atoms with Gasteiger partial charge in [0.2, 0.25) is 0 Å². The van der Waals surface area contributed by atoms with Gasteiger partial charge in [0.1, 0.15) is 0 Å².